The normalized spacial score (nSPS) is 22.3. The molecule has 0 amide bonds. The van der Waals surface area contributed by atoms with Crippen LogP contribution in [0.2, 0.25) is 0 Å². The summed E-state index contributed by atoms with van der Waals surface area (Å²) < 4.78 is 2.07. The number of nitrogens with zero attached hydrogens (tertiary/aromatic N) is 4. The first-order chi connectivity index (χ1) is 8.92. The molecule has 18 heavy (non-hydrogen) atoms. The van der Waals surface area contributed by atoms with E-state index in [1.54, 1.807) is 6.20 Å². The van der Waals surface area contributed by atoms with E-state index in [0.29, 0.717) is 6.04 Å². The molecule has 1 unspecified atom stereocenters. The van der Waals surface area contributed by atoms with Crippen molar-refractivity contribution in [3.63, 3.8) is 0 Å². The van der Waals surface area contributed by atoms with Gasteiger partial charge in [-0.15, -0.1) is 5.10 Å². The van der Waals surface area contributed by atoms with Crippen LogP contribution < -0.4 is 5.32 Å². The van der Waals surface area contributed by atoms with Gasteiger partial charge in [-0.25, -0.2) is 4.68 Å². The van der Waals surface area contributed by atoms with Gasteiger partial charge in [-0.3, -0.25) is 4.98 Å². The van der Waals surface area contributed by atoms with E-state index in [0.717, 1.165) is 36.4 Å². The van der Waals surface area contributed by atoms with Crippen LogP contribution in [-0.4, -0.2) is 26.3 Å². The molecule has 5 nitrogen and oxygen atoms in total. The van der Waals surface area contributed by atoms with E-state index in [1.165, 1.54) is 12.8 Å². The number of nitrogens with one attached hydrogen (secondary N) is 1. The Bertz CT molecular complexity index is 558. The molecule has 1 fully saturated rings. The van der Waals surface area contributed by atoms with Gasteiger partial charge in [0.15, 0.2) is 0 Å². The minimum Gasteiger partial charge on any atom is -0.354 e. The van der Waals surface area contributed by atoms with Gasteiger partial charge < -0.3 is 5.32 Å². The molecule has 1 saturated carbocycles. The number of fused-ring (bicyclic) bond motifs is 1. The smallest absolute Gasteiger partial charge is 0.222 e. The molecule has 4 rings (SSSR count). The third-order valence-electron chi connectivity index (χ3n) is 3.73. The predicted octanol–water partition coefficient (Wildman–Crippen LogP) is 2.11. The maximum absolute atomic E-state index is 4.64. The molecule has 2 aromatic rings. The van der Waals surface area contributed by atoms with Crippen LogP contribution in [-0.2, 0) is 0 Å². The molecule has 1 N–H and O–H groups in total. The molecule has 0 saturated heterocycles. The Morgan fingerprint density at radius 1 is 1.22 bits per heavy atom. The fraction of sp³-hybridized carbons (Fsp3) is 0.462. The van der Waals surface area contributed by atoms with Crippen molar-refractivity contribution in [3.8, 4) is 11.5 Å². The Kier molecular flexibility index (Phi) is 2.12. The van der Waals surface area contributed by atoms with Crippen LogP contribution in [0, 0.1) is 5.92 Å². The number of pyridine rings is 1. The molecule has 5 heteroatoms. The molecule has 2 aromatic heterocycles. The van der Waals surface area contributed by atoms with Crippen molar-refractivity contribution in [3.05, 3.63) is 24.4 Å². The summed E-state index contributed by atoms with van der Waals surface area (Å²) in [6, 6.07) is 6.36. The number of aromatic nitrogens is 4. The van der Waals surface area contributed by atoms with E-state index in [4.69, 9.17) is 0 Å². The van der Waals surface area contributed by atoms with Gasteiger partial charge in [-0.05, 0) is 37.3 Å². The van der Waals surface area contributed by atoms with E-state index < -0.39 is 0 Å². The summed E-state index contributed by atoms with van der Waals surface area (Å²) in [4.78, 5) is 8.87. The number of anilines is 1. The lowest BCUT2D eigenvalue weighted by Crippen LogP contribution is -2.25. The second-order valence-corrected chi connectivity index (χ2v) is 5.04. The SMILES string of the molecule is c1ccc(-c2nc3n(n2)C(C2CC2)CCN3)nc1. The average Bonchev–Trinajstić information content (AvgIpc) is 3.17. The van der Waals surface area contributed by atoms with Crippen molar-refractivity contribution in [2.45, 2.75) is 25.3 Å². The van der Waals surface area contributed by atoms with Gasteiger partial charge in [0.1, 0.15) is 5.69 Å². The predicted molar refractivity (Wildman–Crippen MR) is 68.1 cm³/mol. The zero-order valence-electron chi connectivity index (χ0n) is 10.1. The average molecular weight is 241 g/mol. The van der Waals surface area contributed by atoms with E-state index >= 15 is 0 Å². The molecule has 92 valence electrons. The van der Waals surface area contributed by atoms with Crippen molar-refractivity contribution >= 4 is 5.95 Å². The number of hydrogen-bond donors (Lipinski definition) is 1. The lowest BCUT2D eigenvalue weighted by atomic mass is 10.1. The van der Waals surface area contributed by atoms with Crippen molar-refractivity contribution < 1.29 is 0 Å². The monoisotopic (exact) mass is 241 g/mol. The maximum atomic E-state index is 4.64. The van der Waals surface area contributed by atoms with Crippen LogP contribution >= 0.6 is 0 Å². The summed E-state index contributed by atoms with van der Waals surface area (Å²) in [5.74, 6) is 2.44. The van der Waals surface area contributed by atoms with Crippen LogP contribution in [0.1, 0.15) is 25.3 Å². The van der Waals surface area contributed by atoms with Crippen LogP contribution in [0.3, 0.4) is 0 Å². The third kappa shape index (κ3) is 1.58. The van der Waals surface area contributed by atoms with Crippen LogP contribution in [0.5, 0.6) is 0 Å². The highest BCUT2D eigenvalue weighted by Gasteiger charge is 2.36. The molecule has 1 aliphatic heterocycles. The zero-order chi connectivity index (χ0) is 11.9. The van der Waals surface area contributed by atoms with Gasteiger partial charge in [-0.1, -0.05) is 6.07 Å². The number of rotatable bonds is 2. The van der Waals surface area contributed by atoms with Gasteiger partial charge in [-0.2, -0.15) is 4.98 Å². The number of hydrogen-bond acceptors (Lipinski definition) is 4. The Morgan fingerprint density at radius 2 is 2.17 bits per heavy atom. The van der Waals surface area contributed by atoms with Crippen molar-refractivity contribution in [1.29, 1.82) is 0 Å². The molecule has 0 aromatic carbocycles. The molecule has 0 spiro atoms. The van der Waals surface area contributed by atoms with Gasteiger partial charge >= 0.3 is 0 Å². The molecule has 1 aliphatic carbocycles. The largest absolute Gasteiger partial charge is 0.354 e. The topological polar surface area (TPSA) is 55.6 Å². The molecule has 0 bridgehead atoms. The zero-order valence-corrected chi connectivity index (χ0v) is 10.1. The third-order valence-corrected chi connectivity index (χ3v) is 3.73. The summed E-state index contributed by atoms with van der Waals surface area (Å²) in [6.07, 6.45) is 5.61. The minimum atomic E-state index is 0.534. The highest BCUT2D eigenvalue weighted by molar-refractivity contribution is 5.51. The molecule has 0 radical (unpaired) electrons. The first-order valence-corrected chi connectivity index (χ1v) is 6.53. The maximum Gasteiger partial charge on any atom is 0.222 e. The van der Waals surface area contributed by atoms with Crippen molar-refractivity contribution in [2.75, 3.05) is 11.9 Å². The second kappa shape index (κ2) is 3.80. The van der Waals surface area contributed by atoms with Gasteiger partial charge in [0.05, 0.1) is 6.04 Å². The highest BCUT2D eigenvalue weighted by atomic mass is 15.4. The summed E-state index contributed by atoms with van der Waals surface area (Å²) in [5, 5.41) is 7.97. The Balaban J connectivity index is 1.75. The first-order valence-electron chi connectivity index (χ1n) is 6.53. The molecular formula is C13H15N5. The Labute approximate surface area is 105 Å². The van der Waals surface area contributed by atoms with E-state index in [1.807, 2.05) is 18.2 Å². The summed E-state index contributed by atoms with van der Waals surface area (Å²) >= 11 is 0. The molecule has 1 atom stereocenters. The lowest BCUT2D eigenvalue weighted by molar-refractivity contribution is 0.375. The van der Waals surface area contributed by atoms with E-state index in [2.05, 4.69) is 25.1 Å². The van der Waals surface area contributed by atoms with Crippen molar-refractivity contribution in [2.24, 2.45) is 5.92 Å². The van der Waals surface area contributed by atoms with Crippen molar-refractivity contribution in [1.82, 2.24) is 19.7 Å². The minimum absolute atomic E-state index is 0.534. The summed E-state index contributed by atoms with van der Waals surface area (Å²) in [5.41, 5.74) is 0.843. The van der Waals surface area contributed by atoms with Crippen LogP contribution in [0.25, 0.3) is 11.5 Å². The molecule has 3 heterocycles. The Hall–Kier alpha value is -1.91. The van der Waals surface area contributed by atoms with Gasteiger partial charge in [0.2, 0.25) is 11.8 Å². The summed E-state index contributed by atoms with van der Waals surface area (Å²) in [6.45, 7) is 1.00. The molecular weight excluding hydrogens is 226 g/mol. The standard InChI is InChI=1S/C13H15N5/c1-2-7-14-10(3-1)12-16-13-15-8-6-11(9-4-5-9)18(13)17-12/h1-3,7,9,11H,4-6,8H2,(H,15,16,17). The molecule has 2 aliphatic rings. The second-order valence-electron chi connectivity index (χ2n) is 5.04. The fourth-order valence-corrected chi connectivity index (χ4v) is 2.65. The lowest BCUT2D eigenvalue weighted by Gasteiger charge is -2.23. The van der Waals surface area contributed by atoms with Gasteiger partial charge in [0.25, 0.3) is 0 Å². The van der Waals surface area contributed by atoms with Crippen LogP contribution in [0.4, 0.5) is 5.95 Å². The van der Waals surface area contributed by atoms with Crippen LogP contribution in [0.15, 0.2) is 24.4 Å². The van der Waals surface area contributed by atoms with E-state index in [-0.39, 0.29) is 0 Å². The highest BCUT2D eigenvalue weighted by Crippen LogP contribution is 2.43. The van der Waals surface area contributed by atoms with E-state index in [9.17, 15) is 0 Å². The van der Waals surface area contributed by atoms with Gasteiger partial charge in [0, 0.05) is 12.7 Å². The quantitative estimate of drug-likeness (QED) is 0.874. The Morgan fingerprint density at radius 3 is 2.94 bits per heavy atom. The fourth-order valence-electron chi connectivity index (χ4n) is 2.65. The summed E-state index contributed by atoms with van der Waals surface area (Å²) in [7, 11) is 0. The first kappa shape index (κ1) is 10.1.